The number of nitrogens with one attached hydrogen (secondary N) is 1. The number of benzene rings is 2. The Morgan fingerprint density at radius 2 is 1.82 bits per heavy atom. The average Bonchev–Trinajstić information content (AvgIpc) is 3.05. The van der Waals surface area contributed by atoms with Gasteiger partial charge in [-0.05, 0) is 44.2 Å². The number of aromatic nitrogens is 1. The molecule has 0 spiro atoms. The Labute approximate surface area is 201 Å². The molecule has 0 saturated heterocycles. The summed E-state index contributed by atoms with van der Waals surface area (Å²) in [4.78, 5) is 24.4. The molecule has 33 heavy (non-hydrogen) atoms. The lowest BCUT2D eigenvalue weighted by Crippen LogP contribution is -2.23. The highest BCUT2D eigenvalue weighted by atomic mass is 79.9. The van der Waals surface area contributed by atoms with Crippen LogP contribution in [0.5, 0.6) is 5.75 Å². The van der Waals surface area contributed by atoms with Crippen LogP contribution in [-0.4, -0.2) is 36.8 Å². The molecule has 0 atom stereocenters. The van der Waals surface area contributed by atoms with Crippen molar-refractivity contribution >= 4 is 48.8 Å². The van der Waals surface area contributed by atoms with Crippen molar-refractivity contribution in [2.45, 2.75) is 38.8 Å². The van der Waals surface area contributed by atoms with Gasteiger partial charge in [0, 0.05) is 29.7 Å². The van der Waals surface area contributed by atoms with E-state index in [0.717, 1.165) is 5.56 Å². The highest BCUT2D eigenvalue weighted by Crippen LogP contribution is 2.32. The van der Waals surface area contributed by atoms with Gasteiger partial charge in [-0.25, -0.2) is 4.79 Å². The Hall–Kier alpha value is -2.85. The number of hydrogen-bond acceptors (Lipinski definition) is 6. The summed E-state index contributed by atoms with van der Waals surface area (Å²) in [6, 6.07) is 11.1. The van der Waals surface area contributed by atoms with Gasteiger partial charge in [0.25, 0.3) is 0 Å². The molecule has 3 rings (SSSR count). The zero-order valence-electron chi connectivity index (χ0n) is 18.6. The number of fused-ring (bicyclic) bond motifs is 1. The molecule has 0 aliphatic heterocycles. The first kappa shape index (κ1) is 24.8. The molecule has 0 aliphatic carbocycles. The number of hydrogen-bond donors (Lipinski definition) is 1. The van der Waals surface area contributed by atoms with Gasteiger partial charge in [0.2, 0.25) is 5.91 Å². The number of carbonyl (C=O) groups is 2. The van der Waals surface area contributed by atoms with E-state index in [9.17, 15) is 18.0 Å². The van der Waals surface area contributed by atoms with E-state index in [1.165, 1.54) is 31.2 Å². The lowest BCUT2D eigenvalue weighted by atomic mass is 10.1. The first-order chi connectivity index (χ1) is 15.7. The minimum atomic E-state index is -4.06. The van der Waals surface area contributed by atoms with Crippen molar-refractivity contribution in [3.8, 4) is 5.75 Å². The van der Waals surface area contributed by atoms with Gasteiger partial charge in [0.1, 0.15) is 10.6 Å². The second kappa shape index (κ2) is 10.4. The number of nitrogens with zero attached hydrogens (tertiary/aromatic N) is 1. The molecular formula is C23H25BrN2O6S. The number of aryl methyl sites for hydroxylation is 2. The molecule has 0 unspecified atom stereocenters. The van der Waals surface area contributed by atoms with Crippen LogP contribution in [0.25, 0.3) is 10.9 Å². The summed E-state index contributed by atoms with van der Waals surface area (Å²) < 4.78 is 38.0. The fourth-order valence-corrected chi connectivity index (χ4v) is 4.76. The van der Waals surface area contributed by atoms with Crippen molar-refractivity contribution in [2.75, 3.05) is 11.9 Å². The molecule has 2 aromatic carbocycles. The predicted molar refractivity (Wildman–Crippen MR) is 128 cm³/mol. The van der Waals surface area contributed by atoms with Crippen LogP contribution in [0.3, 0.4) is 0 Å². The summed E-state index contributed by atoms with van der Waals surface area (Å²) in [7, 11) is -4.06. The third kappa shape index (κ3) is 5.56. The van der Waals surface area contributed by atoms with E-state index < -0.39 is 16.1 Å². The quantitative estimate of drug-likeness (QED) is 0.252. The van der Waals surface area contributed by atoms with Crippen LogP contribution in [0.2, 0.25) is 0 Å². The van der Waals surface area contributed by atoms with Gasteiger partial charge >= 0.3 is 16.1 Å². The largest absolute Gasteiger partial charge is 0.462 e. The number of amides is 1. The Kier molecular flexibility index (Phi) is 7.80. The normalized spacial score (nSPS) is 11.4. The fourth-order valence-electron chi connectivity index (χ4n) is 3.48. The Morgan fingerprint density at radius 1 is 1.12 bits per heavy atom. The summed E-state index contributed by atoms with van der Waals surface area (Å²) in [5.41, 5.74) is 2.45. The minimum absolute atomic E-state index is 0.0296. The smallest absolute Gasteiger partial charge is 0.340 e. The molecular weight excluding hydrogens is 512 g/mol. The number of rotatable bonds is 9. The molecule has 0 radical (unpaired) electrons. The molecule has 10 heteroatoms. The van der Waals surface area contributed by atoms with Crippen molar-refractivity contribution in [3.63, 3.8) is 0 Å². The first-order valence-electron chi connectivity index (χ1n) is 10.3. The third-order valence-corrected chi connectivity index (χ3v) is 6.57. The van der Waals surface area contributed by atoms with E-state index in [4.69, 9.17) is 8.92 Å². The molecule has 176 valence electrons. The van der Waals surface area contributed by atoms with Crippen molar-refractivity contribution in [1.82, 2.24) is 9.88 Å². The summed E-state index contributed by atoms with van der Waals surface area (Å²) in [6.07, 6.45) is 0. The third-order valence-electron chi connectivity index (χ3n) is 4.95. The first-order valence-corrected chi connectivity index (χ1v) is 12.8. The lowest BCUT2D eigenvalue weighted by Gasteiger charge is -2.11. The maximum Gasteiger partial charge on any atom is 0.340 e. The van der Waals surface area contributed by atoms with E-state index in [1.54, 1.807) is 25.1 Å². The topological polar surface area (TPSA) is 104 Å². The highest BCUT2D eigenvalue weighted by molar-refractivity contribution is 9.09. The summed E-state index contributed by atoms with van der Waals surface area (Å²) in [5.74, 6) is -0.737. The molecule has 0 aliphatic rings. The minimum Gasteiger partial charge on any atom is -0.462 e. The van der Waals surface area contributed by atoms with Crippen LogP contribution >= 0.6 is 15.9 Å². The molecule has 0 fully saturated rings. The fraction of sp³-hybridized carbons (Fsp3) is 0.304. The van der Waals surface area contributed by atoms with Crippen LogP contribution in [-0.2, 0) is 32.7 Å². The molecule has 0 saturated carbocycles. The van der Waals surface area contributed by atoms with Gasteiger partial charge in [-0.1, -0.05) is 33.6 Å². The molecule has 1 N–H and O–H groups in total. The molecule has 0 bridgehead atoms. The van der Waals surface area contributed by atoms with E-state index >= 15 is 0 Å². The van der Waals surface area contributed by atoms with Crippen molar-refractivity contribution in [1.29, 1.82) is 0 Å². The predicted octanol–water partition coefficient (Wildman–Crippen LogP) is 3.93. The van der Waals surface area contributed by atoms with Gasteiger partial charge in [-0.2, -0.15) is 8.42 Å². The van der Waals surface area contributed by atoms with E-state index in [0.29, 0.717) is 28.5 Å². The molecule has 3 aromatic rings. The monoisotopic (exact) mass is 536 g/mol. The van der Waals surface area contributed by atoms with E-state index in [1.807, 2.05) is 11.5 Å². The second-order valence-corrected chi connectivity index (χ2v) is 9.66. The molecule has 1 heterocycles. The number of carbonyl (C=O) groups excluding carboxylic acids is 2. The standard InChI is InChI=1S/C23H25BrN2O6S/c1-4-31-23(28)22-19-13-17(32-33(29,30)18-8-5-15(2)6-9-18)7-10-20(19)26(12-11-24)21(22)14-25-16(3)27/h5-10,13H,4,11-12,14H2,1-3H3,(H,25,27). The van der Waals surface area contributed by atoms with Crippen LogP contribution in [0, 0.1) is 6.92 Å². The zero-order valence-corrected chi connectivity index (χ0v) is 21.0. The molecule has 1 amide bonds. The number of alkyl halides is 1. The number of esters is 1. The average molecular weight is 537 g/mol. The van der Waals surface area contributed by atoms with E-state index in [-0.39, 0.29) is 35.3 Å². The van der Waals surface area contributed by atoms with Gasteiger partial charge in [-0.15, -0.1) is 0 Å². The summed E-state index contributed by atoms with van der Waals surface area (Å²) >= 11 is 3.42. The van der Waals surface area contributed by atoms with Gasteiger partial charge < -0.3 is 18.8 Å². The Morgan fingerprint density at radius 3 is 2.42 bits per heavy atom. The lowest BCUT2D eigenvalue weighted by molar-refractivity contribution is -0.119. The summed E-state index contributed by atoms with van der Waals surface area (Å²) in [5, 5.41) is 3.81. The van der Waals surface area contributed by atoms with Gasteiger partial charge in [0.05, 0.1) is 24.4 Å². The maximum absolute atomic E-state index is 12.9. The van der Waals surface area contributed by atoms with Crippen molar-refractivity contribution in [3.05, 3.63) is 59.3 Å². The highest BCUT2D eigenvalue weighted by Gasteiger charge is 2.25. The number of ether oxygens (including phenoxy) is 1. The second-order valence-electron chi connectivity index (χ2n) is 7.32. The zero-order chi connectivity index (χ0) is 24.2. The van der Waals surface area contributed by atoms with Crippen LogP contribution in [0.4, 0.5) is 0 Å². The van der Waals surface area contributed by atoms with Gasteiger partial charge in [-0.3, -0.25) is 4.79 Å². The van der Waals surface area contributed by atoms with Crippen LogP contribution < -0.4 is 9.50 Å². The molecule has 1 aromatic heterocycles. The Bertz CT molecular complexity index is 1280. The maximum atomic E-state index is 12.9. The SMILES string of the molecule is CCOC(=O)c1c(CNC(C)=O)n(CCBr)c2ccc(OS(=O)(=O)c3ccc(C)cc3)cc12. The summed E-state index contributed by atoms with van der Waals surface area (Å²) in [6.45, 7) is 5.75. The number of halogens is 1. The van der Waals surface area contributed by atoms with Gasteiger partial charge in [0.15, 0.2) is 0 Å². The van der Waals surface area contributed by atoms with Crippen LogP contribution in [0.1, 0.15) is 35.5 Å². The van der Waals surface area contributed by atoms with E-state index in [2.05, 4.69) is 21.2 Å². The van der Waals surface area contributed by atoms with Crippen LogP contribution in [0.15, 0.2) is 47.4 Å². The Balaban J connectivity index is 2.13. The molecule has 8 nitrogen and oxygen atoms in total. The van der Waals surface area contributed by atoms with Crippen molar-refractivity contribution in [2.24, 2.45) is 0 Å². The van der Waals surface area contributed by atoms with Crippen molar-refractivity contribution < 1.29 is 26.9 Å².